The molecule has 0 saturated heterocycles. The van der Waals surface area contributed by atoms with Crippen LogP contribution >= 0.6 is 11.3 Å². The second-order valence-electron chi connectivity index (χ2n) is 4.27. The number of nitrogens with zero attached hydrogens (tertiary/aromatic N) is 1. The summed E-state index contributed by atoms with van der Waals surface area (Å²) in [6.45, 7) is 6.07. The molecule has 0 aliphatic carbocycles. The van der Waals surface area contributed by atoms with E-state index in [0.29, 0.717) is 13.2 Å². The normalized spacial score (nSPS) is 12.1. The first-order valence-corrected chi connectivity index (χ1v) is 7.66. The predicted octanol–water partition coefficient (Wildman–Crippen LogP) is 3.27. The Morgan fingerprint density at radius 2 is 2.00 bits per heavy atom. The van der Waals surface area contributed by atoms with E-state index in [2.05, 4.69) is 17.2 Å². The number of para-hydroxylation sites is 2. The molecule has 4 nitrogen and oxygen atoms in total. The van der Waals surface area contributed by atoms with Crippen LogP contribution in [0.3, 0.4) is 0 Å². The van der Waals surface area contributed by atoms with Gasteiger partial charge < -0.3 is 14.8 Å². The van der Waals surface area contributed by atoms with Crippen molar-refractivity contribution in [2.45, 2.75) is 19.9 Å². The van der Waals surface area contributed by atoms with Gasteiger partial charge in [-0.25, -0.2) is 4.98 Å². The van der Waals surface area contributed by atoms with Crippen LogP contribution in [0.15, 0.2) is 35.8 Å². The molecule has 1 aromatic carbocycles. The molecule has 2 rings (SSSR count). The minimum atomic E-state index is 0.251. The lowest BCUT2D eigenvalue weighted by Crippen LogP contribution is -2.24. The van der Waals surface area contributed by atoms with Gasteiger partial charge >= 0.3 is 0 Å². The lowest BCUT2D eigenvalue weighted by Gasteiger charge is -2.14. The van der Waals surface area contributed by atoms with Gasteiger partial charge in [-0.2, -0.15) is 0 Å². The maximum absolute atomic E-state index is 5.75. The number of hydrogen-bond acceptors (Lipinski definition) is 5. The van der Waals surface area contributed by atoms with E-state index in [0.717, 1.165) is 23.1 Å². The van der Waals surface area contributed by atoms with E-state index < -0.39 is 0 Å². The van der Waals surface area contributed by atoms with Gasteiger partial charge in [0.1, 0.15) is 11.6 Å². The third kappa shape index (κ3) is 4.21. The maximum Gasteiger partial charge on any atom is 0.161 e. The average Bonchev–Trinajstić information content (AvgIpc) is 2.99. The first-order chi connectivity index (χ1) is 9.81. The molecule has 1 heterocycles. The highest BCUT2D eigenvalue weighted by molar-refractivity contribution is 7.09. The standard InChI is InChI=1S/C15H20N2O2S/c1-3-18-13-6-4-5-7-14(13)19-10-8-16-12(2)15-17-9-11-20-15/h4-7,9,11-12,16H,3,8,10H2,1-2H3. The van der Waals surface area contributed by atoms with Crippen LogP contribution in [-0.2, 0) is 0 Å². The van der Waals surface area contributed by atoms with Gasteiger partial charge in [0, 0.05) is 18.1 Å². The average molecular weight is 292 g/mol. The number of benzene rings is 1. The molecule has 0 aliphatic heterocycles. The molecule has 0 bridgehead atoms. The second kappa shape index (κ2) is 7.87. The van der Waals surface area contributed by atoms with Crippen LogP contribution in [0, 0.1) is 0 Å². The molecule has 0 aliphatic rings. The van der Waals surface area contributed by atoms with Crippen molar-refractivity contribution in [1.29, 1.82) is 0 Å². The van der Waals surface area contributed by atoms with Crippen molar-refractivity contribution in [3.63, 3.8) is 0 Å². The largest absolute Gasteiger partial charge is 0.490 e. The zero-order chi connectivity index (χ0) is 14.2. The quantitative estimate of drug-likeness (QED) is 0.758. The molecule has 1 unspecified atom stereocenters. The SMILES string of the molecule is CCOc1ccccc1OCCNC(C)c1nccs1. The first kappa shape index (κ1) is 14.8. The molecular formula is C15H20N2O2S. The van der Waals surface area contributed by atoms with Crippen LogP contribution in [0.5, 0.6) is 11.5 Å². The van der Waals surface area contributed by atoms with Gasteiger partial charge in [0.15, 0.2) is 11.5 Å². The smallest absolute Gasteiger partial charge is 0.161 e. The topological polar surface area (TPSA) is 43.4 Å². The van der Waals surface area contributed by atoms with Gasteiger partial charge in [-0.05, 0) is 26.0 Å². The van der Waals surface area contributed by atoms with E-state index in [1.54, 1.807) is 11.3 Å². The monoisotopic (exact) mass is 292 g/mol. The maximum atomic E-state index is 5.75. The molecule has 1 aromatic heterocycles. The van der Waals surface area contributed by atoms with Gasteiger partial charge in [0.2, 0.25) is 0 Å². The van der Waals surface area contributed by atoms with Crippen molar-refractivity contribution in [3.8, 4) is 11.5 Å². The third-order valence-corrected chi connectivity index (χ3v) is 3.74. The molecule has 5 heteroatoms. The number of rotatable bonds is 8. The minimum Gasteiger partial charge on any atom is -0.490 e. The Kier molecular flexibility index (Phi) is 5.83. The van der Waals surface area contributed by atoms with E-state index in [-0.39, 0.29) is 6.04 Å². The summed E-state index contributed by atoms with van der Waals surface area (Å²) in [5, 5.41) is 6.47. The lowest BCUT2D eigenvalue weighted by molar-refractivity contribution is 0.273. The van der Waals surface area contributed by atoms with E-state index in [4.69, 9.17) is 9.47 Å². The van der Waals surface area contributed by atoms with E-state index in [9.17, 15) is 0 Å². The summed E-state index contributed by atoms with van der Waals surface area (Å²) in [4.78, 5) is 4.29. The van der Waals surface area contributed by atoms with Gasteiger partial charge in [0.05, 0.1) is 12.6 Å². The van der Waals surface area contributed by atoms with E-state index in [1.807, 2.05) is 42.8 Å². The van der Waals surface area contributed by atoms with Gasteiger partial charge in [-0.15, -0.1) is 11.3 Å². The third-order valence-electron chi connectivity index (χ3n) is 2.78. The van der Waals surface area contributed by atoms with Crippen LogP contribution in [-0.4, -0.2) is 24.7 Å². The minimum absolute atomic E-state index is 0.251. The molecule has 2 aromatic rings. The number of ether oxygens (including phenoxy) is 2. The van der Waals surface area contributed by atoms with Gasteiger partial charge in [-0.1, -0.05) is 12.1 Å². The van der Waals surface area contributed by atoms with Crippen LogP contribution < -0.4 is 14.8 Å². The summed E-state index contributed by atoms with van der Waals surface area (Å²) in [6, 6.07) is 7.99. The zero-order valence-corrected chi connectivity index (χ0v) is 12.7. The molecule has 0 spiro atoms. The molecule has 1 N–H and O–H groups in total. The predicted molar refractivity (Wildman–Crippen MR) is 81.6 cm³/mol. The summed E-state index contributed by atoms with van der Waals surface area (Å²) in [5.41, 5.74) is 0. The van der Waals surface area contributed by atoms with Crippen molar-refractivity contribution < 1.29 is 9.47 Å². The van der Waals surface area contributed by atoms with Crippen molar-refractivity contribution in [3.05, 3.63) is 40.8 Å². The van der Waals surface area contributed by atoms with Crippen LogP contribution in [0.2, 0.25) is 0 Å². The Balaban J connectivity index is 1.76. The Hall–Kier alpha value is -1.59. The molecular weight excluding hydrogens is 272 g/mol. The Labute approximate surface area is 123 Å². The molecule has 1 atom stereocenters. The fourth-order valence-corrected chi connectivity index (χ4v) is 2.49. The van der Waals surface area contributed by atoms with Gasteiger partial charge in [0.25, 0.3) is 0 Å². The highest BCUT2D eigenvalue weighted by atomic mass is 32.1. The summed E-state index contributed by atoms with van der Waals surface area (Å²) in [6.07, 6.45) is 1.83. The summed E-state index contributed by atoms with van der Waals surface area (Å²) in [7, 11) is 0. The van der Waals surface area contributed by atoms with Crippen molar-refractivity contribution in [1.82, 2.24) is 10.3 Å². The van der Waals surface area contributed by atoms with Crippen molar-refractivity contribution >= 4 is 11.3 Å². The summed E-state index contributed by atoms with van der Waals surface area (Å²) < 4.78 is 11.3. The summed E-state index contributed by atoms with van der Waals surface area (Å²) >= 11 is 1.66. The summed E-state index contributed by atoms with van der Waals surface area (Å²) in [5.74, 6) is 1.58. The van der Waals surface area contributed by atoms with Crippen molar-refractivity contribution in [2.75, 3.05) is 19.8 Å². The molecule has 0 fully saturated rings. The van der Waals surface area contributed by atoms with Crippen LogP contribution in [0.4, 0.5) is 0 Å². The molecule has 0 radical (unpaired) electrons. The highest BCUT2D eigenvalue weighted by Crippen LogP contribution is 2.26. The Morgan fingerprint density at radius 3 is 2.65 bits per heavy atom. The zero-order valence-electron chi connectivity index (χ0n) is 11.8. The number of aromatic nitrogens is 1. The van der Waals surface area contributed by atoms with Crippen molar-refractivity contribution in [2.24, 2.45) is 0 Å². The highest BCUT2D eigenvalue weighted by Gasteiger charge is 2.07. The number of nitrogens with one attached hydrogen (secondary N) is 1. The first-order valence-electron chi connectivity index (χ1n) is 6.78. The fourth-order valence-electron chi connectivity index (χ4n) is 1.82. The number of thiazole rings is 1. The molecule has 108 valence electrons. The van der Waals surface area contributed by atoms with Gasteiger partial charge in [-0.3, -0.25) is 0 Å². The Bertz CT molecular complexity index is 502. The molecule has 0 amide bonds. The van der Waals surface area contributed by atoms with Crippen LogP contribution in [0.25, 0.3) is 0 Å². The fraction of sp³-hybridized carbons (Fsp3) is 0.400. The Morgan fingerprint density at radius 1 is 1.25 bits per heavy atom. The van der Waals surface area contributed by atoms with E-state index in [1.165, 1.54) is 0 Å². The molecule has 20 heavy (non-hydrogen) atoms. The number of hydrogen-bond donors (Lipinski definition) is 1. The van der Waals surface area contributed by atoms with E-state index >= 15 is 0 Å². The second-order valence-corrected chi connectivity index (χ2v) is 5.20. The molecule has 0 saturated carbocycles. The van der Waals surface area contributed by atoms with Crippen LogP contribution in [0.1, 0.15) is 24.9 Å². The lowest BCUT2D eigenvalue weighted by atomic mass is 10.3.